The summed E-state index contributed by atoms with van der Waals surface area (Å²) in [5.41, 5.74) is 0.601. The minimum absolute atomic E-state index is 0.0175. The molecule has 0 saturated carbocycles. The molecule has 4 nitrogen and oxygen atoms in total. The number of nitrogens with one attached hydrogen (secondary N) is 2. The quantitative estimate of drug-likeness (QED) is 0.696. The molecule has 0 aliphatic rings. The Balaban J connectivity index is 2.48. The zero-order chi connectivity index (χ0) is 10.4. The van der Waals surface area contributed by atoms with E-state index in [9.17, 15) is 9.59 Å². The van der Waals surface area contributed by atoms with Gasteiger partial charge in [0.25, 0.3) is 0 Å². The average molecular weight is 192 g/mol. The van der Waals surface area contributed by atoms with Crippen LogP contribution in [0.5, 0.6) is 0 Å². The molecule has 0 fully saturated rings. The molecule has 0 atom stereocenters. The number of Topliss-reactive ketones (excluding diaryl/α,β-unsaturated/α-hetero) is 1. The summed E-state index contributed by atoms with van der Waals surface area (Å²) in [7, 11) is 1.50. The molecule has 1 aromatic rings. The number of rotatable bonds is 3. The average Bonchev–Trinajstić information content (AvgIpc) is 2.26. The Morgan fingerprint density at radius 1 is 1.21 bits per heavy atom. The van der Waals surface area contributed by atoms with E-state index >= 15 is 0 Å². The molecule has 0 aromatic heterocycles. The first-order valence-corrected chi connectivity index (χ1v) is 4.28. The zero-order valence-electron chi connectivity index (χ0n) is 7.91. The lowest BCUT2D eigenvalue weighted by Crippen LogP contribution is -2.36. The van der Waals surface area contributed by atoms with Crippen molar-refractivity contribution in [1.82, 2.24) is 10.6 Å². The SMILES string of the molecule is CNC(=O)NCC(=O)c1ccccc1. The number of carbonyl (C=O) groups excluding carboxylic acids is 2. The van der Waals surface area contributed by atoms with Crippen molar-refractivity contribution in [2.45, 2.75) is 0 Å². The van der Waals surface area contributed by atoms with E-state index in [2.05, 4.69) is 10.6 Å². The number of ketones is 1. The van der Waals surface area contributed by atoms with Crippen LogP contribution in [0.15, 0.2) is 30.3 Å². The fourth-order valence-electron chi connectivity index (χ4n) is 0.975. The molecule has 0 spiro atoms. The molecule has 2 N–H and O–H groups in total. The Hall–Kier alpha value is -1.84. The third kappa shape index (κ3) is 2.90. The molecule has 0 unspecified atom stereocenters. The van der Waals surface area contributed by atoms with Crippen LogP contribution in [0.2, 0.25) is 0 Å². The lowest BCUT2D eigenvalue weighted by atomic mass is 10.1. The van der Waals surface area contributed by atoms with Gasteiger partial charge in [-0.3, -0.25) is 4.79 Å². The lowest BCUT2D eigenvalue weighted by molar-refractivity contribution is 0.0992. The van der Waals surface area contributed by atoms with Gasteiger partial charge in [0.2, 0.25) is 0 Å². The molecule has 0 saturated heterocycles. The van der Waals surface area contributed by atoms with E-state index in [0.717, 1.165) is 0 Å². The van der Waals surface area contributed by atoms with Crippen molar-refractivity contribution in [3.63, 3.8) is 0 Å². The van der Waals surface area contributed by atoms with Gasteiger partial charge in [-0.15, -0.1) is 0 Å². The van der Waals surface area contributed by atoms with Crippen molar-refractivity contribution in [3.8, 4) is 0 Å². The normalized spacial score (nSPS) is 9.21. The molecule has 14 heavy (non-hydrogen) atoms. The van der Waals surface area contributed by atoms with E-state index in [-0.39, 0.29) is 18.4 Å². The van der Waals surface area contributed by atoms with E-state index < -0.39 is 0 Å². The smallest absolute Gasteiger partial charge is 0.314 e. The van der Waals surface area contributed by atoms with Crippen LogP contribution >= 0.6 is 0 Å². The van der Waals surface area contributed by atoms with Gasteiger partial charge in [-0.2, -0.15) is 0 Å². The number of benzene rings is 1. The highest BCUT2D eigenvalue weighted by atomic mass is 16.2. The molecule has 0 aliphatic carbocycles. The molecule has 4 heteroatoms. The molecule has 1 aromatic carbocycles. The van der Waals surface area contributed by atoms with Gasteiger partial charge < -0.3 is 10.6 Å². The van der Waals surface area contributed by atoms with Gasteiger partial charge in [0.15, 0.2) is 5.78 Å². The van der Waals surface area contributed by atoms with Crippen LogP contribution in [0, 0.1) is 0 Å². The Morgan fingerprint density at radius 3 is 2.43 bits per heavy atom. The maximum atomic E-state index is 11.4. The van der Waals surface area contributed by atoms with E-state index in [4.69, 9.17) is 0 Å². The molecule has 0 radical (unpaired) electrons. The van der Waals surface area contributed by atoms with E-state index in [1.165, 1.54) is 7.05 Å². The molecule has 0 aliphatic heterocycles. The van der Waals surface area contributed by atoms with Crippen LogP contribution in [0.25, 0.3) is 0 Å². The van der Waals surface area contributed by atoms with Crippen molar-refractivity contribution in [1.29, 1.82) is 0 Å². The monoisotopic (exact) mass is 192 g/mol. The zero-order valence-corrected chi connectivity index (χ0v) is 7.91. The number of hydrogen-bond acceptors (Lipinski definition) is 2. The second kappa shape index (κ2) is 5.01. The molecular formula is C10H12N2O2. The van der Waals surface area contributed by atoms with Gasteiger partial charge in [-0.05, 0) is 0 Å². The fraction of sp³-hybridized carbons (Fsp3) is 0.200. The minimum Gasteiger partial charge on any atom is -0.341 e. The van der Waals surface area contributed by atoms with Gasteiger partial charge in [0.05, 0.1) is 6.54 Å². The predicted molar refractivity (Wildman–Crippen MR) is 53.2 cm³/mol. The summed E-state index contributed by atoms with van der Waals surface area (Å²) >= 11 is 0. The van der Waals surface area contributed by atoms with Crippen molar-refractivity contribution in [3.05, 3.63) is 35.9 Å². The van der Waals surface area contributed by atoms with Crippen molar-refractivity contribution in [2.24, 2.45) is 0 Å². The molecule has 2 amide bonds. The van der Waals surface area contributed by atoms with Gasteiger partial charge in [0.1, 0.15) is 0 Å². The van der Waals surface area contributed by atoms with Crippen molar-refractivity contribution in [2.75, 3.05) is 13.6 Å². The minimum atomic E-state index is -0.353. The highest BCUT2D eigenvalue weighted by molar-refractivity contribution is 5.99. The molecule has 74 valence electrons. The first kappa shape index (κ1) is 10.2. The summed E-state index contributed by atoms with van der Waals surface area (Å²) in [6.07, 6.45) is 0. The number of urea groups is 1. The van der Waals surface area contributed by atoms with Crippen LogP contribution < -0.4 is 10.6 Å². The summed E-state index contributed by atoms with van der Waals surface area (Å²) < 4.78 is 0. The fourth-order valence-corrected chi connectivity index (χ4v) is 0.975. The maximum absolute atomic E-state index is 11.4. The van der Waals surface area contributed by atoms with Crippen LogP contribution in [0.4, 0.5) is 4.79 Å². The van der Waals surface area contributed by atoms with Gasteiger partial charge in [0, 0.05) is 12.6 Å². The van der Waals surface area contributed by atoms with Crippen molar-refractivity contribution < 1.29 is 9.59 Å². The summed E-state index contributed by atoms with van der Waals surface area (Å²) in [6.45, 7) is 0.0175. The first-order chi connectivity index (χ1) is 6.74. The summed E-state index contributed by atoms with van der Waals surface area (Å²) in [5, 5.41) is 4.80. The molecular weight excluding hydrogens is 180 g/mol. The highest BCUT2D eigenvalue weighted by Gasteiger charge is 2.05. The van der Waals surface area contributed by atoms with Crippen LogP contribution in [-0.2, 0) is 0 Å². The predicted octanol–water partition coefficient (Wildman–Crippen LogP) is 0.798. The van der Waals surface area contributed by atoms with Crippen molar-refractivity contribution >= 4 is 11.8 Å². The number of amides is 2. The van der Waals surface area contributed by atoms with E-state index in [1.54, 1.807) is 24.3 Å². The number of hydrogen-bond donors (Lipinski definition) is 2. The Kier molecular flexibility index (Phi) is 3.67. The Labute approximate surface area is 82.3 Å². The maximum Gasteiger partial charge on any atom is 0.314 e. The standard InChI is InChI=1S/C10H12N2O2/c1-11-10(14)12-7-9(13)8-5-3-2-4-6-8/h2-6H,7H2,1H3,(H2,11,12,14). The third-order valence-corrected chi connectivity index (χ3v) is 1.73. The second-order valence-electron chi connectivity index (χ2n) is 2.72. The largest absolute Gasteiger partial charge is 0.341 e. The molecule has 0 bridgehead atoms. The van der Waals surface area contributed by atoms with Gasteiger partial charge in [-0.1, -0.05) is 30.3 Å². The van der Waals surface area contributed by atoms with Crippen LogP contribution in [0.3, 0.4) is 0 Å². The lowest BCUT2D eigenvalue weighted by Gasteiger charge is -2.02. The first-order valence-electron chi connectivity index (χ1n) is 4.28. The Bertz CT molecular complexity index is 322. The molecule has 1 rings (SSSR count). The highest BCUT2D eigenvalue weighted by Crippen LogP contribution is 1.98. The summed E-state index contributed by atoms with van der Waals surface area (Å²) in [6, 6.07) is 8.49. The van der Waals surface area contributed by atoms with E-state index in [1.807, 2.05) is 6.07 Å². The number of carbonyl (C=O) groups is 2. The van der Waals surface area contributed by atoms with Gasteiger partial charge >= 0.3 is 6.03 Å². The topological polar surface area (TPSA) is 58.2 Å². The third-order valence-electron chi connectivity index (χ3n) is 1.73. The summed E-state index contributed by atoms with van der Waals surface area (Å²) in [5.74, 6) is -0.103. The van der Waals surface area contributed by atoms with E-state index in [0.29, 0.717) is 5.56 Å². The van der Waals surface area contributed by atoms with Crippen LogP contribution in [0.1, 0.15) is 10.4 Å². The Morgan fingerprint density at radius 2 is 1.86 bits per heavy atom. The van der Waals surface area contributed by atoms with Crippen LogP contribution in [-0.4, -0.2) is 25.4 Å². The molecule has 0 heterocycles. The van der Waals surface area contributed by atoms with Gasteiger partial charge in [-0.25, -0.2) is 4.79 Å². The second-order valence-corrected chi connectivity index (χ2v) is 2.72. The summed E-state index contributed by atoms with van der Waals surface area (Å²) in [4.78, 5) is 22.2.